The first-order valence-corrected chi connectivity index (χ1v) is 15.6. The van der Waals surface area contributed by atoms with Gasteiger partial charge in [0.25, 0.3) is 0 Å². The van der Waals surface area contributed by atoms with Gasteiger partial charge >= 0.3 is 0 Å². The molecular formula is C27H37N5O5S. The molecule has 0 radical (unpaired) electrons. The Kier molecular flexibility index (Phi) is 8.04. The quantitative estimate of drug-likeness (QED) is 0.459. The van der Waals surface area contributed by atoms with E-state index in [2.05, 4.69) is 21.3 Å². The second-order valence-corrected chi connectivity index (χ2v) is 12.9. The van der Waals surface area contributed by atoms with E-state index in [9.17, 15) is 18.3 Å². The number of nitrogens with one attached hydrogen (secondary N) is 1. The summed E-state index contributed by atoms with van der Waals surface area (Å²) >= 11 is 0. The van der Waals surface area contributed by atoms with Crippen LogP contribution in [0.5, 0.6) is 5.75 Å². The van der Waals surface area contributed by atoms with E-state index in [1.54, 1.807) is 6.20 Å². The zero-order valence-electron chi connectivity index (χ0n) is 21.9. The number of carbonyl (C=O) groups is 1. The lowest BCUT2D eigenvalue weighted by atomic mass is 9.85. The predicted molar refractivity (Wildman–Crippen MR) is 146 cm³/mol. The largest absolute Gasteiger partial charge is 0.493 e. The highest BCUT2D eigenvalue weighted by Crippen LogP contribution is 2.39. The molecule has 1 aromatic carbocycles. The van der Waals surface area contributed by atoms with E-state index in [1.807, 2.05) is 23.1 Å². The Morgan fingerprint density at radius 3 is 2.71 bits per heavy atom. The molecule has 0 unspecified atom stereocenters. The number of aliphatic hydroxyl groups excluding tert-OH is 1. The van der Waals surface area contributed by atoms with Gasteiger partial charge in [-0.15, -0.1) is 0 Å². The van der Waals surface area contributed by atoms with Crippen LogP contribution in [0.3, 0.4) is 0 Å². The Bertz CT molecular complexity index is 1250. The zero-order valence-corrected chi connectivity index (χ0v) is 22.7. The summed E-state index contributed by atoms with van der Waals surface area (Å²) in [6, 6.07) is 8.06. The zero-order chi connectivity index (χ0) is 26.7. The van der Waals surface area contributed by atoms with Gasteiger partial charge in [0.05, 0.1) is 18.5 Å². The summed E-state index contributed by atoms with van der Waals surface area (Å²) in [7, 11) is -3.00. The van der Waals surface area contributed by atoms with Crippen molar-refractivity contribution in [2.24, 2.45) is 5.92 Å². The van der Waals surface area contributed by atoms with Gasteiger partial charge in [-0.05, 0) is 63.1 Å². The van der Waals surface area contributed by atoms with Gasteiger partial charge in [-0.2, -0.15) is 4.98 Å². The fraction of sp³-hybridized carbons (Fsp3) is 0.593. The fourth-order valence-electron chi connectivity index (χ4n) is 5.72. The number of rotatable bonds is 9. The molecule has 11 heteroatoms. The van der Waals surface area contributed by atoms with Gasteiger partial charge in [0.15, 0.2) is 0 Å². The van der Waals surface area contributed by atoms with Crippen molar-refractivity contribution in [3.05, 3.63) is 36.0 Å². The molecular weight excluding hydrogens is 506 g/mol. The summed E-state index contributed by atoms with van der Waals surface area (Å²) < 4.78 is 28.7. The van der Waals surface area contributed by atoms with E-state index in [4.69, 9.17) is 9.72 Å². The highest BCUT2D eigenvalue weighted by atomic mass is 32.2. The molecule has 2 fully saturated rings. The second-order valence-electron chi connectivity index (χ2n) is 10.6. The Labute approximate surface area is 224 Å². The Hall–Kier alpha value is -2.92. The van der Waals surface area contributed by atoms with Crippen molar-refractivity contribution in [1.29, 1.82) is 0 Å². The number of nitrogens with zero attached hydrogens (tertiary/aromatic N) is 4. The summed E-state index contributed by atoms with van der Waals surface area (Å²) in [5.74, 6) is 2.53. The van der Waals surface area contributed by atoms with E-state index in [1.165, 1.54) is 6.26 Å². The number of aliphatic hydroxyl groups is 1. The molecule has 1 amide bonds. The van der Waals surface area contributed by atoms with Gasteiger partial charge in [-0.25, -0.2) is 13.4 Å². The number of aromatic nitrogens is 2. The van der Waals surface area contributed by atoms with Crippen LogP contribution in [0.4, 0.5) is 17.5 Å². The number of sulfone groups is 1. The van der Waals surface area contributed by atoms with Crippen molar-refractivity contribution in [2.75, 3.05) is 48.5 Å². The number of carbonyl (C=O) groups excluding carboxylic acids is 1. The molecule has 1 saturated heterocycles. The first-order chi connectivity index (χ1) is 18.3. The van der Waals surface area contributed by atoms with Gasteiger partial charge in [-0.3, -0.25) is 4.79 Å². The van der Waals surface area contributed by atoms with Crippen LogP contribution in [-0.4, -0.2) is 84.7 Å². The number of β-amino-alcohol motifs (C(OH)–C–C–N with tert-alkyl or cyclic N) is 1. The minimum atomic E-state index is -3.00. The van der Waals surface area contributed by atoms with Crippen molar-refractivity contribution in [2.45, 2.75) is 57.1 Å². The molecule has 1 aromatic heterocycles. The second kappa shape index (κ2) is 11.4. The topological polar surface area (TPSA) is 125 Å². The maximum Gasteiger partial charge on any atom is 0.225 e. The fourth-order valence-corrected chi connectivity index (χ4v) is 6.36. The molecule has 1 aliphatic carbocycles. The predicted octanol–water partition coefficient (Wildman–Crippen LogP) is 2.55. The normalized spacial score (nSPS) is 23.4. The molecule has 2 aromatic rings. The van der Waals surface area contributed by atoms with Crippen LogP contribution >= 0.6 is 0 Å². The summed E-state index contributed by atoms with van der Waals surface area (Å²) in [5, 5.41) is 13.2. The van der Waals surface area contributed by atoms with Gasteiger partial charge in [0.1, 0.15) is 21.4 Å². The minimum Gasteiger partial charge on any atom is -0.493 e. The third-order valence-electron chi connectivity index (χ3n) is 7.70. The lowest BCUT2D eigenvalue weighted by Gasteiger charge is -2.31. The van der Waals surface area contributed by atoms with Crippen molar-refractivity contribution < 1.29 is 23.1 Å². The van der Waals surface area contributed by atoms with Crippen molar-refractivity contribution in [1.82, 2.24) is 14.9 Å². The third kappa shape index (κ3) is 6.37. The van der Waals surface area contributed by atoms with Gasteiger partial charge in [0, 0.05) is 55.3 Å². The molecule has 2 aliphatic heterocycles. The lowest BCUT2D eigenvalue weighted by Crippen LogP contribution is -2.38. The van der Waals surface area contributed by atoms with Crippen LogP contribution in [-0.2, 0) is 21.1 Å². The molecule has 3 heterocycles. The minimum absolute atomic E-state index is 0.0366. The first kappa shape index (κ1) is 26.7. The van der Waals surface area contributed by atoms with Crippen LogP contribution in [0, 0.1) is 5.92 Å². The maximum absolute atomic E-state index is 12.8. The smallest absolute Gasteiger partial charge is 0.225 e. The highest BCUT2D eigenvalue weighted by molar-refractivity contribution is 7.90. The van der Waals surface area contributed by atoms with Crippen LogP contribution in [0.15, 0.2) is 30.5 Å². The lowest BCUT2D eigenvalue weighted by molar-refractivity contribution is -0.135. The van der Waals surface area contributed by atoms with E-state index in [0.29, 0.717) is 38.5 Å². The average Bonchev–Trinajstić information content (AvgIpc) is 3.53. The average molecular weight is 544 g/mol. The Morgan fingerprint density at radius 2 is 1.97 bits per heavy atom. The molecule has 1 atom stereocenters. The van der Waals surface area contributed by atoms with Gasteiger partial charge in [-0.1, -0.05) is 6.07 Å². The number of anilines is 3. The SMILES string of the molecule is CS(=O)(=O)CCCOc1cccc2c1CCN2c1ccnc(N[C@H]2CC[C@H](C(=O)N3CC[C@H](O)C3)CC2)n1. The third-order valence-corrected chi connectivity index (χ3v) is 8.73. The molecule has 5 rings (SSSR count). The number of benzene rings is 1. The molecule has 1 saturated carbocycles. The molecule has 3 aliphatic rings. The number of fused-ring (bicyclic) bond motifs is 1. The molecule has 10 nitrogen and oxygen atoms in total. The first-order valence-electron chi connectivity index (χ1n) is 13.5. The monoisotopic (exact) mass is 543 g/mol. The maximum atomic E-state index is 12.8. The van der Waals surface area contributed by atoms with E-state index in [-0.39, 0.29) is 29.7 Å². The van der Waals surface area contributed by atoms with Crippen molar-refractivity contribution >= 4 is 33.2 Å². The molecule has 0 spiro atoms. The molecule has 0 bridgehead atoms. The van der Waals surface area contributed by atoms with Crippen molar-refractivity contribution in [3.8, 4) is 5.75 Å². The van der Waals surface area contributed by atoms with Crippen molar-refractivity contribution in [3.63, 3.8) is 0 Å². The van der Waals surface area contributed by atoms with Crippen LogP contribution in [0.1, 0.15) is 44.1 Å². The van der Waals surface area contributed by atoms with E-state index in [0.717, 1.165) is 61.5 Å². The number of ether oxygens (including phenoxy) is 1. The number of amides is 1. The molecule has 2 N–H and O–H groups in total. The Balaban J connectivity index is 1.17. The number of hydrogen-bond acceptors (Lipinski definition) is 9. The highest BCUT2D eigenvalue weighted by Gasteiger charge is 2.33. The van der Waals surface area contributed by atoms with Crippen LogP contribution in [0.2, 0.25) is 0 Å². The van der Waals surface area contributed by atoms with Crippen LogP contribution in [0.25, 0.3) is 0 Å². The van der Waals surface area contributed by atoms with Gasteiger partial charge < -0.3 is 25.0 Å². The van der Waals surface area contributed by atoms with E-state index >= 15 is 0 Å². The number of likely N-dealkylation sites (tertiary alicyclic amines) is 1. The summed E-state index contributed by atoms with van der Waals surface area (Å²) in [6.07, 6.45) is 8.00. The standard InChI is InChI=1S/C27H37N5O5S/c1-38(35,36)17-3-16-37-24-5-2-4-23-22(24)12-15-32(23)25-10-13-28-27(30-25)29-20-8-6-19(7-9-20)26(34)31-14-11-21(33)18-31/h2,4-5,10,13,19-21,33H,3,6-9,11-12,14-18H2,1H3,(H,28,29,30)/t19-,20-,21-/m0/s1. The summed E-state index contributed by atoms with van der Waals surface area (Å²) in [5.41, 5.74) is 2.15. The Morgan fingerprint density at radius 1 is 1.16 bits per heavy atom. The van der Waals surface area contributed by atoms with Crippen LogP contribution < -0.4 is 15.0 Å². The van der Waals surface area contributed by atoms with Gasteiger partial charge in [0.2, 0.25) is 11.9 Å². The summed E-state index contributed by atoms with van der Waals surface area (Å²) in [4.78, 5) is 26.0. The van der Waals surface area contributed by atoms with E-state index < -0.39 is 9.84 Å². The summed E-state index contributed by atoms with van der Waals surface area (Å²) in [6.45, 7) is 2.26. The number of hydrogen-bond donors (Lipinski definition) is 2. The molecule has 38 heavy (non-hydrogen) atoms. The molecule has 206 valence electrons.